The predicted molar refractivity (Wildman–Crippen MR) is 77.6 cm³/mol. The Bertz CT molecular complexity index is 547. The van der Waals surface area contributed by atoms with E-state index < -0.39 is 4.92 Å². The van der Waals surface area contributed by atoms with Gasteiger partial charge in [-0.05, 0) is 32.0 Å². The van der Waals surface area contributed by atoms with Gasteiger partial charge in [-0.2, -0.15) is 0 Å². The second kappa shape index (κ2) is 6.53. The molecule has 1 aromatic carbocycles. The molecule has 0 spiro atoms. The first-order valence-corrected chi connectivity index (χ1v) is 6.83. The smallest absolute Gasteiger partial charge is 0.310 e. The van der Waals surface area contributed by atoms with Crippen LogP contribution in [-0.2, 0) is 0 Å². The molecular weight excluding hydrogens is 274 g/mol. The highest BCUT2D eigenvalue weighted by molar-refractivity contribution is 5.95. The zero-order valence-corrected chi connectivity index (χ0v) is 12.2. The van der Waals surface area contributed by atoms with E-state index in [0.29, 0.717) is 24.6 Å². The lowest BCUT2D eigenvalue weighted by atomic mass is 10.1. The molecule has 0 aromatic heterocycles. The number of carbonyl (C=O) groups is 1. The fourth-order valence-corrected chi connectivity index (χ4v) is 2.62. The highest BCUT2D eigenvalue weighted by Gasteiger charge is 2.27. The van der Waals surface area contributed by atoms with Crippen LogP contribution >= 0.6 is 0 Å². The number of methoxy groups -OCH3 is 1. The minimum Gasteiger partial charge on any atom is -0.490 e. The Morgan fingerprint density at radius 1 is 1.57 bits per heavy atom. The van der Waals surface area contributed by atoms with Gasteiger partial charge in [0.1, 0.15) is 0 Å². The largest absolute Gasteiger partial charge is 0.490 e. The highest BCUT2D eigenvalue weighted by atomic mass is 16.6. The number of likely N-dealkylation sites (tertiary alicyclic amines) is 1. The molecule has 0 radical (unpaired) electrons. The standard InChI is InChI=1S/C14H19N3O4/c1-15-8-10-5-6-16(9-10)14(18)11-3-4-12(17(19)20)13(7-11)21-2/h3-4,7,10,15H,5-6,8-9H2,1-2H3. The number of nitro groups is 1. The topological polar surface area (TPSA) is 84.7 Å². The molecule has 1 saturated heterocycles. The average Bonchev–Trinajstić information content (AvgIpc) is 2.94. The van der Waals surface area contributed by atoms with E-state index in [9.17, 15) is 14.9 Å². The maximum absolute atomic E-state index is 12.4. The number of nitro benzene ring substituents is 1. The van der Waals surface area contributed by atoms with E-state index in [1.807, 2.05) is 7.05 Å². The van der Waals surface area contributed by atoms with Gasteiger partial charge in [-0.15, -0.1) is 0 Å². The number of hydrogen-bond donors (Lipinski definition) is 1. The van der Waals surface area contributed by atoms with Crippen molar-refractivity contribution in [3.8, 4) is 5.75 Å². The molecule has 7 nitrogen and oxygen atoms in total. The number of nitrogens with zero attached hydrogens (tertiary/aromatic N) is 2. The lowest BCUT2D eigenvalue weighted by Crippen LogP contribution is -2.30. The van der Waals surface area contributed by atoms with Gasteiger partial charge in [0.25, 0.3) is 5.91 Å². The summed E-state index contributed by atoms with van der Waals surface area (Å²) in [6.07, 6.45) is 0.969. The minimum atomic E-state index is -0.522. The van der Waals surface area contributed by atoms with Crippen molar-refractivity contribution in [2.45, 2.75) is 6.42 Å². The van der Waals surface area contributed by atoms with Gasteiger partial charge in [0, 0.05) is 30.8 Å². The van der Waals surface area contributed by atoms with Gasteiger partial charge < -0.3 is 15.0 Å². The van der Waals surface area contributed by atoms with E-state index in [0.717, 1.165) is 13.0 Å². The van der Waals surface area contributed by atoms with E-state index in [-0.39, 0.29) is 17.3 Å². The molecule has 1 fully saturated rings. The fraction of sp³-hybridized carbons (Fsp3) is 0.500. The lowest BCUT2D eigenvalue weighted by molar-refractivity contribution is -0.385. The van der Waals surface area contributed by atoms with Gasteiger partial charge in [-0.3, -0.25) is 14.9 Å². The lowest BCUT2D eigenvalue weighted by Gasteiger charge is -2.17. The number of carbonyl (C=O) groups excluding carboxylic acids is 1. The van der Waals surface area contributed by atoms with Crippen molar-refractivity contribution in [3.63, 3.8) is 0 Å². The van der Waals surface area contributed by atoms with Crippen molar-refractivity contribution in [2.75, 3.05) is 33.8 Å². The van der Waals surface area contributed by atoms with Gasteiger partial charge in [0.2, 0.25) is 0 Å². The van der Waals surface area contributed by atoms with Crippen LogP contribution in [0.25, 0.3) is 0 Å². The number of nitrogens with one attached hydrogen (secondary N) is 1. The summed E-state index contributed by atoms with van der Waals surface area (Å²) in [5, 5.41) is 14.0. The fourth-order valence-electron chi connectivity index (χ4n) is 2.62. The highest BCUT2D eigenvalue weighted by Crippen LogP contribution is 2.28. The van der Waals surface area contributed by atoms with Gasteiger partial charge in [-0.25, -0.2) is 0 Å². The maximum atomic E-state index is 12.4. The molecular formula is C14H19N3O4. The Labute approximate surface area is 123 Å². The summed E-state index contributed by atoms with van der Waals surface area (Å²) in [6, 6.07) is 4.23. The van der Waals surface area contributed by atoms with Crippen LogP contribution in [-0.4, -0.2) is 49.5 Å². The average molecular weight is 293 g/mol. The molecule has 0 bridgehead atoms. The van der Waals surface area contributed by atoms with E-state index in [4.69, 9.17) is 4.74 Å². The van der Waals surface area contributed by atoms with Crippen molar-refractivity contribution in [2.24, 2.45) is 5.92 Å². The third kappa shape index (κ3) is 3.30. The second-order valence-corrected chi connectivity index (χ2v) is 5.11. The third-order valence-corrected chi connectivity index (χ3v) is 3.69. The molecule has 0 aliphatic carbocycles. The Balaban J connectivity index is 2.15. The zero-order chi connectivity index (χ0) is 15.4. The van der Waals surface area contributed by atoms with Crippen LogP contribution < -0.4 is 10.1 Å². The van der Waals surface area contributed by atoms with E-state index in [1.54, 1.807) is 4.90 Å². The summed E-state index contributed by atoms with van der Waals surface area (Å²) < 4.78 is 5.00. The molecule has 1 amide bonds. The van der Waals surface area contributed by atoms with Gasteiger partial charge in [-0.1, -0.05) is 0 Å². The number of ether oxygens (including phenoxy) is 1. The molecule has 7 heteroatoms. The predicted octanol–water partition coefficient (Wildman–Crippen LogP) is 1.28. The van der Waals surface area contributed by atoms with Crippen LogP contribution in [0.4, 0.5) is 5.69 Å². The molecule has 1 unspecified atom stereocenters. The summed E-state index contributed by atoms with van der Waals surface area (Å²) in [6.45, 7) is 2.30. The Hall–Kier alpha value is -2.15. The Morgan fingerprint density at radius 3 is 2.95 bits per heavy atom. The van der Waals surface area contributed by atoms with E-state index in [2.05, 4.69) is 5.32 Å². The van der Waals surface area contributed by atoms with Crippen molar-refractivity contribution >= 4 is 11.6 Å². The van der Waals surface area contributed by atoms with Crippen LogP contribution in [0.15, 0.2) is 18.2 Å². The summed E-state index contributed by atoms with van der Waals surface area (Å²) in [7, 11) is 3.25. The molecule has 1 atom stereocenters. The van der Waals surface area contributed by atoms with Crippen LogP contribution in [0, 0.1) is 16.0 Å². The normalized spacial score (nSPS) is 17.8. The first kappa shape index (κ1) is 15.2. The zero-order valence-electron chi connectivity index (χ0n) is 12.2. The number of amides is 1. The van der Waals surface area contributed by atoms with Crippen LogP contribution in [0.3, 0.4) is 0 Å². The summed E-state index contributed by atoms with van der Waals surface area (Å²) in [5.74, 6) is 0.456. The van der Waals surface area contributed by atoms with Crippen LogP contribution in [0.1, 0.15) is 16.8 Å². The number of hydrogen-bond acceptors (Lipinski definition) is 5. The third-order valence-electron chi connectivity index (χ3n) is 3.69. The van der Waals surface area contributed by atoms with Crippen molar-refractivity contribution in [1.82, 2.24) is 10.2 Å². The van der Waals surface area contributed by atoms with E-state index in [1.165, 1.54) is 25.3 Å². The monoisotopic (exact) mass is 293 g/mol. The SMILES string of the molecule is CNCC1CCN(C(=O)c2ccc([N+](=O)[O-])c(OC)c2)C1. The molecule has 114 valence electrons. The number of benzene rings is 1. The van der Waals surface area contributed by atoms with E-state index >= 15 is 0 Å². The minimum absolute atomic E-state index is 0.108. The summed E-state index contributed by atoms with van der Waals surface area (Å²) in [5.41, 5.74) is 0.283. The first-order chi connectivity index (χ1) is 10.1. The van der Waals surface area contributed by atoms with Gasteiger partial charge in [0.15, 0.2) is 5.75 Å². The second-order valence-electron chi connectivity index (χ2n) is 5.11. The van der Waals surface area contributed by atoms with Gasteiger partial charge in [0.05, 0.1) is 12.0 Å². The van der Waals surface area contributed by atoms with Crippen LogP contribution in [0.2, 0.25) is 0 Å². The number of rotatable bonds is 5. The summed E-state index contributed by atoms with van der Waals surface area (Å²) in [4.78, 5) is 24.5. The van der Waals surface area contributed by atoms with Crippen molar-refractivity contribution in [1.29, 1.82) is 0 Å². The maximum Gasteiger partial charge on any atom is 0.310 e. The first-order valence-electron chi connectivity index (χ1n) is 6.83. The molecule has 1 aromatic rings. The quantitative estimate of drug-likeness (QED) is 0.653. The van der Waals surface area contributed by atoms with Crippen LogP contribution in [0.5, 0.6) is 5.75 Å². The summed E-state index contributed by atoms with van der Waals surface area (Å²) >= 11 is 0. The molecule has 0 saturated carbocycles. The molecule has 21 heavy (non-hydrogen) atoms. The molecule has 1 aliphatic rings. The molecule has 2 rings (SSSR count). The molecule has 1 aliphatic heterocycles. The molecule has 1 heterocycles. The molecule has 1 N–H and O–H groups in total. The van der Waals surface area contributed by atoms with Crippen molar-refractivity contribution < 1.29 is 14.5 Å². The Morgan fingerprint density at radius 2 is 2.33 bits per heavy atom. The Kier molecular flexibility index (Phi) is 4.74. The van der Waals surface area contributed by atoms with Gasteiger partial charge >= 0.3 is 5.69 Å². The van der Waals surface area contributed by atoms with Crippen molar-refractivity contribution in [3.05, 3.63) is 33.9 Å².